The zero-order valence-corrected chi connectivity index (χ0v) is 36.1. The van der Waals surface area contributed by atoms with Gasteiger partial charge in [-0.05, 0) is 19.9 Å². The molecule has 316 valence electrons. The first kappa shape index (κ1) is 52.0. The fourth-order valence-corrected chi connectivity index (χ4v) is 7.43. The van der Waals surface area contributed by atoms with Crippen molar-refractivity contribution < 1.29 is 37.2 Å². The van der Waals surface area contributed by atoms with E-state index >= 15 is 0 Å². The highest BCUT2D eigenvalue weighted by atomic mass is 31.2. The second-order valence-corrected chi connectivity index (χ2v) is 16.8. The Hall–Kier alpha value is -0.990. The van der Waals surface area contributed by atoms with Crippen molar-refractivity contribution in [3.8, 4) is 0 Å². The van der Waals surface area contributed by atoms with E-state index in [4.69, 9.17) is 23.0 Å². The first-order valence-electron chi connectivity index (χ1n) is 22.3. The Kier molecular flexibility index (Phi) is 39.9. The third kappa shape index (κ3) is 37.7. The first-order valence-corrected chi connectivity index (χ1v) is 23.8. The Morgan fingerprint density at radius 2 is 0.868 bits per heavy atom. The van der Waals surface area contributed by atoms with E-state index in [1.54, 1.807) is 7.05 Å². The summed E-state index contributed by atoms with van der Waals surface area (Å²) < 4.78 is 39.7. The van der Waals surface area contributed by atoms with Crippen LogP contribution in [-0.2, 0) is 37.2 Å². The van der Waals surface area contributed by atoms with Gasteiger partial charge in [0.2, 0.25) is 0 Å². The van der Waals surface area contributed by atoms with E-state index in [9.17, 15) is 14.2 Å². The fraction of sp³-hybridized carbons (Fsp3) is 0.953. The molecule has 0 rings (SSSR count). The predicted octanol–water partition coefficient (Wildman–Crippen LogP) is 13.0. The highest BCUT2D eigenvalue weighted by molar-refractivity contribution is 7.48. The molecular formula is C43H86NO8P. The maximum atomic E-state index is 12.8. The van der Waals surface area contributed by atoms with Crippen LogP contribution in [0.5, 0.6) is 0 Å². The lowest BCUT2D eigenvalue weighted by atomic mass is 10.0. The van der Waals surface area contributed by atoms with Crippen molar-refractivity contribution in [3.05, 3.63) is 0 Å². The molecule has 0 saturated carbocycles. The summed E-state index contributed by atoms with van der Waals surface area (Å²) in [5.74, 6) is -0.710. The highest BCUT2D eigenvalue weighted by Crippen LogP contribution is 2.48. The quantitative estimate of drug-likeness (QED) is 0.0368. The average molecular weight is 776 g/mol. The minimum Gasteiger partial charge on any atom is -0.462 e. The van der Waals surface area contributed by atoms with Crippen molar-refractivity contribution in [2.75, 3.05) is 40.5 Å². The molecule has 0 aliphatic carbocycles. The van der Waals surface area contributed by atoms with E-state index in [2.05, 4.69) is 19.2 Å². The van der Waals surface area contributed by atoms with Gasteiger partial charge >= 0.3 is 19.8 Å². The number of hydrogen-bond acceptors (Lipinski definition) is 9. The Bertz CT molecular complexity index is 845. The summed E-state index contributed by atoms with van der Waals surface area (Å²) in [6.07, 6.45) is 37.5. The molecule has 1 N–H and O–H groups in total. The van der Waals surface area contributed by atoms with E-state index in [-0.39, 0.29) is 38.2 Å². The molecule has 0 fully saturated rings. The molecule has 2 unspecified atom stereocenters. The van der Waals surface area contributed by atoms with Gasteiger partial charge in [-0.2, -0.15) is 0 Å². The van der Waals surface area contributed by atoms with Gasteiger partial charge in [0.15, 0.2) is 6.10 Å². The van der Waals surface area contributed by atoms with Gasteiger partial charge in [0.05, 0.1) is 13.2 Å². The minimum absolute atomic E-state index is 0.125. The SMILES string of the molecule is CCCCCCCCCCCCCCCCCC(=O)OCC(COP(=O)(OC)OCCNC)OC(=O)CCCCCCCCCCCCCCCCC. The van der Waals surface area contributed by atoms with Crippen molar-refractivity contribution in [1.82, 2.24) is 5.32 Å². The smallest absolute Gasteiger partial charge is 0.462 e. The number of rotatable bonds is 43. The molecule has 0 aliphatic rings. The van der Waals surface area contributed by atoms with Crippen LogP contribution in [0.1, 0.15) is 219 Å². The second kappa shape index (κ2) is 40.7. The summed E-state index contributed by atoms with van der Waals surface area (Å²) in [6.45, 7) is 4.69. The normalized spacial score (nSPS) is 13.2. The molecule has 10 heteroatoms. The first-order chi connectivity index (χ1) is 25.9. The summed E-state index contributed by atoms with van der Waals surface area (Å²) in [7, 11) is -0.848. The molecule has 2 atom stereocenters. The third-order valence-electron chi connectivity index (χ3n) is 9.94. The molecule has 0 heterocycles. The molecule has 0 spiro atoms. The maximum absolute atomic E-state index is 12.8. The van der Waals surface area contributed by atoms with Crippen LogP contribution in [0.15, 0.2) is 0 Å². The molecule has 9 nitrogen and oxygen atoms in total. The van der Waals surface area contributed by atoms with Crippen LogP contribution in [-0.4, -0.2) is 58.6 Å². The van der Waals surface area contributed by atoms with Crippen molar-refractivity contribution in [1.29, 1.82) is 0 Å². The highest BCUT2D eigenvalue weighted by Gasteiger charge is 2.28. The van der Waals surface area contributed by atoms with Gasteiger partial charge in [0.1, 0.15) is 6.61 Å². The molecule has 0 saturated heterocycles. The van der Waals surface area contributed by atoms with Crippen LogP contribution >= 0.6 is 7.82 Å². The third-order valence-corrected chi connectivity index (χ3v) is 11.4. The van der Waals surface area contributed by atoms with E-state index in [0.29, 0.717) is 13.0 Å². The molecule has 0 radical (unpaired) electrons. The summed E-state index contributed by atoms with van der Waals surface area (Å²) >= 11 is 0. The molecule has 0 amide bonds. The summed E-state index contributed by atoms with van der Waals surface area (Å²) in [5.41, 5.74) is 0. The zero-order valence-electron chi connectivity index (χ0n) is 35.2. The number of carbonyl (C=O) groups is 2. The number of carbonyl (C=O) groups excluding carboxylic acids is 2. The van der Waals surface area contributed by atoms with E-state index in [1.165, 1.54) is 161 Å². The second-order valence-electron chi connectivity index (χ2n) is 15.1. The maximum Gasteiger partial charge on any atom is 0.474 e. The van der Waals surface area contributed by atoms with Crippen LogP contribution in [0.25, 0.3) is 0 Å². The number of phosphoric ester groups is 1. The predicted molar refractivity (Wildman–Crippen MR) is 220 cm³/mol. The number of ether oxygens (including phenoxy) is 2. The molecule has 0 bridgehead atoms. The van der Waals surface area contributed by atoms with Gasteiger partial charge in [-0.15, -0.1) is 0 Å². The monoisotopic (exact) mass is 776 g/mol. The lowest BCUT2D eigenvalue weighted by Gasteiger charge is -2.21. The largest absolute Gasteiger partial charge is 0.474 e. The van der Waals surface area contributed by atoms with E-state index < -0.39 is 13.9 Å². The minimum atomic E-state index is -3.85. The van der Waals surface area contributed by atoms with Crippen LogP contribution in [0.3, 0.4) is 0 Å². The van der Waals surface area contributed by atoms with Gasteiger partial charge in [0, 0.05) is 26.5 Å². The van der Waals surface area contributed by atoms with Crippen molar-refractivity contribution in [2.24, 2.45) is 0 Å². The van der Waals surface area contributed by atoms with Crippen molar-refractivity contribution >= 4 is 19.8 Å². The molecule has 0 aliphatic heterocycles. The number of unbranched alkanes of at least 4 members (excludes halogenated alkanes) is 28. The summed E-state index contributed by atoms with van der Waals surface area (Å²) in [4.78, 5) is 25.2. The molecule has 0 aromatic heterocycles. The topological polar surface area (TPSA) is 109 Å². The summed E-state index contributed by atoms with van der Waals surface area (Å²) in [6, 6.07) is 0. The zero-order chi connectivity index (χ0) is 38.9. The van der Waals surface area contributed by atoms with Crippen LogP contribution in [0, 0.1) is 0 Å². The molecule has 0 aromatic rings. The van der Waals surface area contributed by atoms with Gasteiger partial charge < -0.3 is 14.8 Å². The van der Waals surface area contributed by atoms with Crippen molar-refractivity contribution in [3.63, 3.8) is 0 Å². The van der Waals surface area contributed by atoms with E-state index in [0.717, 1.165) is 38.5 Å². The fourth-order valence-electron chi connectivity index (χ4n) is 6.48. The molecule has 53 heavy (non-hydrogen) atoms. The Morgan fingerprint density at radius 3 is 1.23 bits per heavy atom. The van der Waals surface area contributed by atoms with Gasteiger partial charge in [-0.25, -0.2) is 4.57 Å². The van der Waals surface area contributed by atoms with Crippen LogP contribution < -0.4 is 5.32 Å². The standard InChI is InChI=1S/C43H86NO8P/c1-5-7-9-11-13-15-17-19-21-23-25-27-29-31-33-35-42(45)49-39-41(40-51-53(47,48-4)50-38-37-44-3)52-43(46)36-34-32-30-28-26-24-22-20-18-16-14-12-10-8-6-2/h41,44H,5-40H2,1-4H3. The molecular weight excluding hydrogens is 689 g/mol. The van der Waals surface area contributed by atoms with Crippen LogP contribution in [0.2, 0.25) is 0 Å². The number of esters is 2. The number of nitrogens with one attached hydrogen (secondary N) is 1. The van der Waals surface area contributed by atoms with Gasteiger partial charge in [-0.3, -0.25) is 23.2 Å². The Morgan fingerprint density at radius 1 is 0.509 bits per heavy atom. The number of phosphoric acid groups is 1. The molecule has 0 aromatic carbocycles. The van der Waals surface area contributed by atoms with Crippen LogP contribution in [0.4, 0.5) is 0 Å². The average Bonchev–Trinajstić information content (AvgIpc) is 3.16. The van der Waals surface area contributed by atoms with E-state index in [1.807, 2.05) is 0 Å². The van der Waals surface area contributed by atoms with Gasteiger partial charge in [0.25, 0.3) is 0 Å². The Balaban J connectivity index is 4.26. The van der Waals surface area contributed by atoms with Gasteiger partial charge in [-0.1, -0.05) is 194 Å². The lowest BCUT2D eigenvalue weighted by molar-refractivity contribution is -0.161. The summed E-state index contributed by atoms with van der Waals surface area (Å²) in [5, 5.41) is 2.91. The lowest BCUT2D eigenvalue weighted by Crippen LogP contribution is -2.29. The van der Waals surface area contributed by atoms with Crippen molar-refractivity contribution in [2.45, 2.75) is 225 Å². The number of likely N-dealkylation sites (N-methyl/N-ethyl adjacent to an activating group) is 1. The number of hydrogen-bond donors (Lipinski definition) is 1. The Labute approximate surface area is 327 Å².